The smallest absolute Gasteiger partial charge is 0.241 e. The second-order valence-electron chi connectivity index (χ2n) is 13.4. The Morgan fingerprint density at radius 1 is 0.935 bits per heavy atom. The van der Waals surface area contributed by atoms with Crippen LogP contribution < -0.4 is 14.4 Å². The average molecular weight is 651 g/mol. The van der Waals surface area contributed by atoms with Crippen LogP contribution in [0.15, 0.2) is 42.0 Å². The number of ether oxygens (including phenoxy) is 2. The van der Waals surface area contributed by atoms with Crippen LogP contribution >= 0.6 is 11.6 Å². The van der Waals surface area contributed by atoms with Gasteiger partial charge in [0.1, 0.15) is 23.1 Å². The summed E-state index contributed by atoms with van der Waals surface area (Å²) < 4.78 is 25.7. The molecule has 2 saturated heterocycles. The summed E-state index contributed by atoms with van der Waals surface area (Å²) in [5, 5.41) is 10.3. The van der Waals surface area contributed by atoms with Gasteiger partial charge in [-0.3, -0.25) is 24.1 Å². The number of carbonyl (C=O) groups is 4. The van der Waals surface area contributed by atoms with Crippen molar-refractivity contribution < 1.29 is 38.1 Å². The van der Waals surface area contributed by atoms with Crippen LogP contribution in [0.1, 0.15) is 63.4 Å². The Morgan fingerprint density at radius 2 is 1.61 bits per heavy atom. The van der Waals surface area contributed by atoms with E-state index in [2.05, 4.69) is 0 Å². The summed E-state index contributed by atoms with van der Waals surface area (Å²) in [7, 11) is 2.89. The number of methoxy groups -OCH3 is 2. The van der Waals surface area contributed by atoms with Crippen LogP contribution in [-0.4, -0.2) is 53.9 Å². The highest BCUT2D eigenvalue weighted by Crippen LogP contribution is 2.66. The van der Waals surface area contributed by atoms with Gasteiger partial charge in [0.2, 0.25) is 23.6 Å². The second-order valence-corrected chi connectivity index (χ2v) is 13.8. The van der Waals surface area contributed by atoms with Crippen molar-refractivity contribution in [3.05, 3.63) is 58.4 Å². The Bertz CT molecular complexity index is 1680. The van der Waals surface area contributed by atoms with E-state index in [-0.39, 0.29) is 52.2 Å². The molecule has 6 atom stereocenters. The van der Waals surface area contributed by atoms with E-state index in [1.165, 1.54) is 43.4 Å². The molecule has 0 unspecified atom stereocenters. The molecule has 5 aliphatic rings. The lowest BCUT2D eigenvalue weighted by Crippen LogP contribution is -2.49. The molecule has 0 aromatic heterocycles. The summed E-state index contributed by atoms with van der Waals surface area (Å²) >= 11 is 6.10. The van der Waals surface area contributed by atoms with Gasteiger partial charge >= 0.3 is 0 Å². The molecule has 4 fully saturated rings. The third kappa shape index (κ3) is 4.25. The number of fused-ring (bicyclic) bond motifs is 4. The first kappa shape index (κ1) is 30.7. The van der Waals surface area contributed by atoms with Crippen molar-refractivity contribution in [2.24, 2.45) is 29.1 Å². The Hall–Kier alpha value is -3.92. The molecule has 0 bridgehead atoms. The van der Waals surface area contributed by atoms with Gasteiger partial charge < -0.3 is 14.6 Å². The largest absolute Gasteiger partial charge is 0.508 e. The SMILES string of the molecule is COc1cc(O)cc(OC)c1[C@H]1C2=CC[C@@H]3C(=O)N(C4CCCCC4)C(=O)[C@@H]3[C@@H]2C[C@H]2C(=O)N(c3ccc(F)c(Cl)c3)C(=O)[C@@]12C. The number of aromatic hydroxyl groups is 1. The van der Waals surface area contributed by atoms with Crippen molar-refractivity contribution in [1.82, 2.24) is 4.90 Å². The van der Waals surface area contributed by atoms with Gasteiger partial charge in [0.05, 0.1) is 48.1 Å². The number of allylic oxidation sites excluding steroid dienone is 2. The molecule has 2 heterocycles. The highest BCUT2D eigenvalue weighted by atomic mass is 35.5. The van der Waals surface area contributed by atoms with Crippen LogP contribution in [0.5, 0.6) is 17.2 Å². The highest BCUT2D eigenvalue weighted by Gasteiger charge is 2.68. The van der Waals surface area contributed by atoms with E-state index >= 15 is 0 Å². The lowest BCUT2D eigenvalue weighted by Gasteiger charge is -2.49. The number of likely N-dealkylation sites (tertiary alicyclic amines) is 1. The number of imide groups is 2. The van der Waals surface area contributed by atoms with Crippen molar-refractivity contribution >= 4 is 40.9 Å². The van der Waals surface area contributed by atoms with E-state index in [0.29, 0.717) is 12.0 Å². The fraction of sp³-hybridized carbons (Fsp3) is 0.486. The number of hydrogen-bond acceptors (Lipinski definition) is 7. The molecule has 11 heteroatoms. The number of phenols is 1. The summed E-state index contributed by atoms with van der Waals surface area (Å²) in [5.74, 6) is -5.08. The van der Waals surface area contributed by atoms with Crippen LogP contribution in [0.4, 0.5) is 10.1 Å². The van der Waals surface area contributed by atoms with E-state index < -0.39 is 52.6 Å². The molecule has 0 spiro atoms. The molecule has 9 nitrogen and oxygen atoms in total. The van der Waals surface area contributed by atoms with E-state index in [4.69, 9.17) is 21.1 Å². The van der Waals surface area contributed by atoms with Crippen LogP contribution in [0.25, 0.3) is 0 Å². The minimum absolute atomic E-state index is 0.111. The van der Waals surface area contributed by atoms with E-state index in [1.54, 1.807) is 6.92 Å². The maximum atomic E-state index is 14.7. The zero-order valence-corrected chi connectivity index (χ0v) is 26.7. The van der Waals surface area contributed by atoms with Crippen molar-refractivity contribution in [2.75, 3.05) is 19.1 Å². The monoisotopic (exact) mass is 650 g/mol. The molecule has 3 aliphatic carbocycles. The molecule has 242 valence electrons. The van der Waals surface area contributed by atoms with Gasteiger partial charge in [-0.15, -0.1) is 0 Å². The molecular weight excluding hydrogens is 615 g/mol. The first-order valence-corrected chi connectivity index (χ1v) is 16.3. The molecule has 46 heavy (non-hydrogen) atoms. The number of carbonyl (C=O) groups excluding carboxylic acids is 4. The predicted molar refractivity (Wildman–Crippen MR) is 166 cm³/mol. The van der Waals surface area contributed by atoms with E-state index in [1.807, 2.05) is 6.08 Å². The first-order valence-electron chi connectivity index (χ1n) is 15.9. The third-order valence-corrected chi connectivity index (χ3v) is 11.5. The maximum absolute atomic E-state index is 14.7. The molecule has 2 aliphatic heterocycles. The standard InChI is InChI=1S/C35H36ClFN2O7/c1-35-23(32(42)39(34(35)44)18-9-12-25(37)24(36)13-18)16-22-20(30(35)29-26(45-2)14-19(40)15-27(29)46-3)10-11-21-28(22)33(43)38(31(21)41)17-7-5-4-6-8-17/h9-10,12-15,17,21-23,28,30,40H,4-8,11,16H2,1-3H3/t21-,22+,23-,28-,30+,35+/m0/s1. The molecule has 2 aromatic rings. The topological polar surface area (TPSA) is 113 Å². The number of halogens is 2. The number of phenolic OH excluding ortho intramolecular Hbond substituents is 1. The zero-order valence-electron chi connectivity index (χ0n) is 25.9. The number of benzene rings is 2. The van der Waals surface area contributed by atoms with Gasteiger partial charge in [0.25, 0.3) is 0 Å². The second kappa shape index (κ2) is 11.1. The van der Waals surface area contributed by atoms with Crippen LogP contribution in [0.3, 0.4) is 0 Å². The number of hydrogen-bond donors (Lipinski definition) is 1. The van der Waals surface area contributed by atoms with Crippen molar-refractivity contribution in [2.45, 2.75) is 63.8 Å². The summed E-state index contributed by atoms with van der Waals surface area (Å²) in [4.78, 5) is 59.8. The quantitative estimate of drug-likeness (QED) is 0.323. The van der Waals surface area contributed by atoms with Gasteiger partial charge in [0.15, 0.2) is 0 Å². The number of rotatable bonds is 5. The van der Waals surface area contributed by atoms with Crippen LogP contribution in [-0.2, 0) is 19.2 Å². The average Bonchev–Trinajstić information content (AvgIpc) is 3.42. The van der Waals surface area contributed by atoms with E-state index in [0.717, 1.165) is 48.6 Å². The summed E-state index contributed by atoms with van der Waals surface area (Å²) in [6.45, 7) is 1.73. The molecule has 0 radical (unpaired) electrons. The number of nitrogens with zero attached hydrogens (tertiary/aromatic N) is 2. The van der Waals surface area contributed by atoms with Gasteiger partial charge in [-0.25, -0.2) is 9.29 Å². The Morgan fingerprint density at radius 3 is 2.24 bits per heavy atom. The van der Waals surface area contributed by atoms with Crippen molar-refractivity contribution in [3.8, 4) is 17.2 Å². The molecule has 2 saturated carbocycles. The lowest BCUT2D eigenvalue weighted by molar-refractivity contribution is -0.144. The fourth-order valence-electron chi connectivity index (χ4n) is 9.13. The highest BCUT2D eigenvalue weighted by molar-refractivity contribution is 6.31. The van der Waals surface area contributed by atoms with Gasteiger partial charge in [-0.05, 0) is 56.7 Å². The summed E-state index contributed by atoms with van der Waals surface area (Å²) in [5.41, 5.74) is -0.00928. The molecular formula is C35H36ClFN2O7. The molecule has 4 amide bonds. The van der Waals surface area contributed by atoms with E-state index in [9.17, 15) is 28.7 Å². The summed E-state index contributed by atoms with van der Waals surface area (Å²) in [6.07, 6.45) is 7.05. The van der Waals surface area contributed by atoms with Crippen LogP contribution in [0.2, 0.25) is 5.02 Å². The minimum atomic E-state index is -1.39. The minimum Gasteiger partial charge on any atom is -0.508 e. The van der Waals surface area contributed by atoms with Gasteiger partial charge in [-0.1, -0.05) is 42.5 Å². The zero-order chi connectivity index (χ0) is 32.7. The van der Waals surface area contributed by atoms with Crippen molar-refractivity contribution in [1.29, 1.82) is 0 Å². The maximum Gasteiger partial charge on any atom is 0.241 e. The van der Waals surface area contributed by atoms with Crippen LogP contribution in [0, 0.1) is 34.9 Å². The number of amides is 4. The summed E-state index contributed by atoms with van der Waals surface area (Å²) in [6, 6.07) is 6.45. The Labute approximate surface area is 271 Å². The Balaban J connectivity index is 1.40. The molecule has 7 rings (SSSR count). The normalized spacial score (nSPS) is 31.1. The van der Waals surface area contributed by atoms with Gasteiger partial charge in [-0.2, -0.15) is 0 Å². The molecule has 1 N–H and O–H groups in total. The predicted octanol–water partition coefficient (Wildman–Crippen LogP) is 5.77. The van der Waals surface area contributed by atoms with Crippen molar-refractivity contribution in [3.63, 3.8) is 0 Å². The Kier molecular flexibility index (Phi) is 7.42. The molecule has 2 aromatic carbocycles. The third-order valence-electron chi connectivity index (χ3n) is 11.2. The lowest BCUT2D eigenvalue weighted by atomic mass is 9.51. The van der Waals surface area contributed by atoms with Gasteiger partial charge in [0, 0.05) is 29.7 Å². The first-order chi connectivity index (χ1) is 22.0. The fourth-order valence-corrected chi connectivity index (χ4v) is 9.30. The number of anilines is 1.